The third-order valence-electron chi connectivity index (χ3n) is 3.77. The number of nitrogens with one attached hydrogen (secondary N) is 2. The van der Waals surface area contributed by atoms with Crippen molar-refractivity contribution in [2.45, 2.75) is 19.4 Å². The molecule has 2 rings (SSSR count). The first-order valence-electron chi connectivity index (χ1n) is 7.06. The summed E-state index contributed by atoms with van der Waals surface area (Å²) in [7, 11) is -0.0400. The minimum Gasteiger partial charge on any atom is -0.383 e. The Morgan fingerprint density at radius 1 is 1.43 bits per heavy atom. The van der Waals surface area contributed by atoms with Crippen LogP contribution in [0.5, 0.6) is 0 Å². The molecule has 0 fully saturated rings. The summed E-state index contributed by atoms with van der Waals surface area (Å²) in [4.78, 5) is 0. The number of methoxy groups -OCH3 is 1. The zero-order valence-electron chi connectivity index (χ0n) is 12.7. The second-order valence-corrected chi connectivity index (χ2v) is 6.79. The van der Waals surface area contributed by atoms with Gasteiger partial charge in [0.1, 0.15) is 0 Å². The zero-order valence-corrected chi connectivity index (χ0v) is 13.5. The Hall–Kier alpha value is -1.15. The van der Waals surface area contributed by atoms with Crippen LogP contribution in [0.25, 0.3) is 0 Å². The van der Waals surface area contributed by atoms with Crippen molar-refractivity contribution in [3.8, 4) is 0 Å². The molecular formula is C14H23N3O3S. The van der Waals surface area contributed by atoms with Crippen LogP contribution >= 0.6 is 0 Å². The highest BCUT2D eigenvalue weighted by Gasteiger charge is 2.29. The van der Waals surface area contributed by atoms with E-state index in [2.05, 4.69) is 23.0 Å². The molecule has 0 amide bonds. The molecule has 0 aromatic heterocycles. The maximum absolute atomic E-state index is 12.3. The molecule has 1 heterocycles. The Morgan fingerprint density at radius 3 is 2.86 bits per heavy atom. The number of ether oxygens (including phenoxy) is 1. The van der Waals surface area contributed by atoms with Crippen molar-refractivity contribution in [2.75, 3.05) is 38.2 Å². The lowest BCUT2D eigenvalue weighted by molar-refractivity contribution is 0.204. The second kappa shape index (κ2) is 6.74. The van der Waals surface area contributed by atoms with Gasteiger partial charge in [0.15, 0.2) is 0 Å². The van der Waals surface area contributed by atoms with Gasteiger partial charge in [0, 0.05) is 26.2 Å². The van der Waals surface area contributed by atoms with Crippen LogP contribution < -0.4 is 14.3 Å². The molecule has 1 atom stereocenters. The Labute approximate surface area is 126 Å². The lowest BCUT2D eigenvalue weighted by Crippen LogP contribution is -2.41. The number of hydrogen-bond donors (Lipinski definition) is 2. The Balaban J connectivity index is 2.18. The molecule has 6 nitrogen and oxygen atoms in total. The van der Waals surface area contributed by atoms with E-state index < -0.39 is 10.2 Å². The minimum atomic E-state index is -3.50. The van der Waals surface area contributed by atoms with Crippen molar-refractivity contribution in [2.24, 2.45) is 0 Å². The van der Waals surface area contributed by atoms with Gasteiger partial charge in [0.05, 0.1) is 12.3 Å². The molecule has 1 aromatic carbocycles. The summed E-state index contributed by atoms with van der Waals surface area (Å²) in [6.45, 7) is 3.20. The van der Waals surface area contributed by atoms with Crippen molar-refractivity contribution in [3.63, 3.8) is 0 Å². The molecule has 2 N–H and O–H groups in total. The summed E-state index contributed by atoms with van der Waals surface area (Å²) < 4.78 is 33.4. The number of anilines is 1. The van der Waals surface area contributed by atoms with E-state index >= 15 is 0 Å². The largest absolute Gasteiger partial charge is 0.383 e. The summed E-state index contributed by atoms with van der Waals surface area (Å²) in [6, 6.07) is 6.20. The quantitative estimate of drug-likeness (QED) is 0.731. The van der Waals surface area contributed by atoms with Crippen LogP contribution in [0.3, 0.4) is 0 Å². The number of nitrogens with zero attached hydrogens (tertiary/aromatic N) is 1. The van der Waals surface area contributed by atoms with E-state index in [0.29, 0.717) is 13.2 Å². The lowest BCUT2D eigenvalue weighted by atomic mass is 10.0. The molecule has 0 saturated carbocycles. The van der Waals surface area contributed by atoms with Crippen LogP contribution in [0.15, 0.2) is 18.2 Å². The molecule has 1 aromatic rings. The van der Waals surface area contributed by atoms with Gasteiger partial charge in [0.25, 0.3) is 0 Å². The number of rotatable bonds is 7. The predicted octanol–water partition coefficient (Wildman–Crippen LogP) is 0.810. The van der Waals surface area contributed by atoms with Gasteiger partial charge in [-0.25, -0.2) is 0 Å². The fourth-order valence-electron chi connectivity index (χ4n) is 2.43. The summed E-state index contributed by atoms with van der Waals surface area (Å²) in [6.07, 6.45) is 0.741. The highest BCUT2D eigenvalue weighted by Crippen LogP contribution is 2.31. The molecule has 0 saturated heterocycles. The van der Waals surface area contributed by atoms with E-state index in [0.717, 1.165) is 17.7 Å². The van der Waals surface area contributed by atoms with Gasteiger partial charge in [0.2, 0.25) is 0 Å². The van der Waals surface area contributed by atoms with Crippen LogP contribution in [0, 0.1) is 0 Å². The van der Waals surface area contributed by atoms with Gasteiger partial charge >= 0.3 is 10.2 Å². The summed E-state index contributed by atoms with van der Waals surface area (Å²) >= 11 is 0. The molecule has 0 bridgehead atoms. The van der Waals surface area contributed by atoms with Crippen LogP contribution in [0.4, 0.5) is 5.69 Å². The van der Waals surface area contributed by atoms with Gasteiger partial charge in [-0.15, -0.1) is 0 Å². The fourth-order valence-corrected chi connectivity index (χ4v) is 3.69. The molecular weight excluding hydrogens is 290 g/mol. The molecule has 1 aliphatic rings. The molecule has 118 valence electrons. The molecule has 1 unspecified atom stereocenters. The fraction of sp³-hybridized carbons (Fsp3) is 0.571. The van der Waals surface area contributed by atoms with Crippen LogP contribution in [-0.2, 0) is 21.4 Å². The minimum absolute atomic E-state index is 0.251. The Kier molecular flexibility index (Phi) is 5.21. The van der Waals surface area contributed by atoms with Gasteiger partial charge in [-0.05, 0) is 37.6 Å². The second-order valence-electron chi connectivity index (χ2n) is 5.11. The maximum atomic E-state index is 12.3. The third kappa shape index (κ3) is 3.55. The molecule has 7 heteroatoms. The van der Waals surface area contributed by atoms with Crippen LogP contribution in [0.1, 0.15) is 24.1 Å². The normalized spacial score (nSPS) is 16.0. The van der Waals surface area contributed by atoms with E-state index in [1.54, 1.807) is 7.11 Å². The Morgan fingerprint density at radius 2 is 2.19 bits per heavy atom. The van der Waals surface area contributed by atoms with Crippen molar-refractivity contribution < 1.29 is 13.2 Å². The molecule has 0 radical (unpaired) electrons. The lowest BCUT2D eigenvalue weighted by Gasteiger charge is -2.20. The van der Waals surface area contributed by atoms with Crippen molar-refractivity contribution in [1.29, 1.82) is 0 Å². The predicted molar refractivity (Wildman–Crippen MR) is 83.8 cm³/mol. The first-order valence-corrected chi connectivity index (χ1v) is 8.50. The standard InChI is InChI=1S/C14H23N3O3S/c1-11(15-2)12-4-5-14-13(10-12)6-8-17(14)21(18,19)16-7-9-20-3/h4-5,10-11,15-16H,6-9H2,1-3H3. The third-order valence-corrected chi connectivity index (χ3v) is 5.30. The van der Waals surface area contributed by atoms with Crippen LogP contribution in [-0.4, -0.2) is 42.3 Å². The van der Waals surface area contributed by atoms with E-state index in [1.165, 1.54) is 9.87 Å². The van der Waals surface area contributed by atoms with Crippen molar-refractivity contribution >= 4 is 15.9 Å². The Bertz CT molecular complexity index is 589. The van der Waals surface area contributed by atoms with Gasteiger partial charge in [-0.2, -0.15) is 13.1 Å². The van der Waals surface area contributed by atoms with Crippen LogP contribution in [0.2, 0.25) is 0 Å². The molecule has 21 heavy (non-hydrogen) atoms. The smallest absolute Gasteiger partial charge is 0.301 e. The number of fused-ring (bicyclic) bond motifs is 1. The summed E-state index contributed by atoms with van der Waals surface area (Å²) in [5.41, 5.74) is 3.02. The highest BCUT2D eigenvalue weighted by molar-refractivity contribution is 7.90. The molecule has 0 spiro atoms. The van der Waals surface area contributed by atoms with E-state index in [4.69, 9.17) is 4.74 Å². The van der Waals surface area contributed by atoms with Gasteiger partial charge < -0.3 is 10.1 Å². The highest BCUT2D eigenvalue weighted by atomic mass is 32.2. The van der Waals surface area contributed by atoms with Crippen molar-refractivity contribution in [3.05, 3.63) is 29.3 Å². The first kappa shape index (κ1) is 16.2. The number of hydrogen-bond acceptors (Lipinski definition) is 4. The van der Waals surface area contributed by atoms with E-state index in [1.807, 2.05) is 19.2 Å². The molecule has 0 aliphatic carbocycles. The first-order chi connectivity index (χ1) is 9.99. The maximum Gasteiger partial charge on any atom is 0.301 e. The van der Waals surface area contributed by atoms with E-state index in [-0.39, 0.29) is 12.6 Å². The monoisotopic (exact) mass is 313 g/mol. The van der Waals surface area contributed by atoms with Crippen molar-refractivity contribution in [1.82, 2.24) is 10.0 Å². The van der Waals surface area contributed by atoms with Gasteiger partial charge in [-0.3, -0.25) is 4.31 Å². The number of benzene rings is 1. The zero-order chi connectivity index (χ0) is 15.5. The topological polar surface area (TPSA) is 70.7 Å². The molecule has 1 aliphatic heterocycles. The van der Waals surface area contributed by atoms with Gasteiger partial charge in [-0.1, -0.05) is 12.1 Å². The SMILES string of the molecule is CNC(C)c1ccc2c(c1)CCN2S(=O)(=O)NCCOC. The summed E-state index contributed by atoms with van der Waals surface area (Å²) in [5.74, 6) is 0. The summed E-state index contributed by atoms with van der Waals surface area (Å²) in [5, 5.41) is 3.19. The average Bonchev–Trinajstić information content (AvgIpc) is 2.90. The average molecular weight is 313 g/mol. The van der Waals surface area contributed by atoms with E-state index in [9.17, 15) is 8.42 Å².